The summed E-state index contributed by atoms with van der Waals surface area (Å²) in [6.45, 7) is 4.17. The Kier molecular flexibility index (Phi) is 9.19. The summed E-state index contributed by atoms with van der Waals surface area (Å²) in [5.74, 6) is -6.66. The molecule has 0 aromatic carbocycles. The van der Waals surface area contributed by atoms with Gasteiger partial charge in [0.15, 0.2) is 0 Å². The maximum absolute atomic E-state index is 14.2. The first kappa shape index (κ1) is 33.2. The molecule has 0 spiro atoms. The molecule has 256 valence electrons. The average Bonchev–Trinajstić information content (AvgIpc) is 3.68. The van der Waals surface area contributed by atoms with E-state index in [9.17, 15) is 31.5 Å². The van der Waals surface area contributed by atoms with Gasteiger partial charge < -0.3 is 15.4 Å². The van der Waals surface area contributed by atoms with Gasteiger partial charge in [0.05, 0.1) is 35.2 Å². The number of rotatable bonds is 8. The molecule has 0 bridgehead atoms. The van der Waals surface area contributed by atoms with Crippen LogP contribution in [-0.4, -0.2) is 78.0 Å². The molecule has 3 atom stereocenters. The number of halogens is 5. The molecule has 47 heavy (non-hydrogen) atoms. The van der Waals surface area contributed by atoms with Gasteiger partial charge in [-0.1, -0.05) is 0 Å². The van der Waals surface area contributed by atoms with Crippen molar-refractivity contribution in [3.05, 3.63) is 35.4 Å². The highest BCUT2D eigenvalue weighted by atomic mass is 19.4. The van der Waals surface area contributed by atoms with Crippen molar-refractivity contribution in [2.24, 2.45) is 17.8 Å². The summed E-state index contributed by atoms with van der Waals surface area (Å²) in [5.41, 5.74) is 1.29. The summed E-state index contributed by atoms with van der Waals surface area (Å²) >= 11 is 0. The number of carbonyl (C=O) groups excluding carboxylic acids is 2. The summed E-state index contributed by atoms with van der Waals surface area (Å²) in [6, 6.07) is -0.945. The largest absolute Gasteiger partial charge is 0.393 e. The lowest BCUT2D eigenvalue weighted by molar-refractivity contribution is -0.183. The standard InChI is InChI=1S/C30H38F5N9O3/c1-16(2)44-25(37-15-38-44)27(46)40-24(17-3-7-29(31,32)8-4-17)22-14-43-28(39-22)41-23(18-5-9-47-10-6-18)21(42-43)12-19-11-20(30(33,34)35)13-36-26(19)45/h14-20,24H,3-13H2,1-2H3,(H,36,45)(H,40,46)/t19-,20-,24?/m1/s1. The third-order valence-electron chi connectivity index (χ3n) is 9.51. The Balaban J connectivity index is 1.36. The lowest BCUT2D eigenvalue weighted by Gasteiger charge is -2.33. The third kappa shape index (κ3) is 7.23. The molecule has 3 aromatic rings. The van der Waals surface area contributed by atoms with Gasteiger partial charge in [0, 0.05) is 56.9 Å². The molecule has 2 saturated heterocycles. The molecule has 1 aliphatic carbocycles. The Bertz CT molecular complexity index is 1590. The maximum Gasteiger partial charge on any atom is 0.393 e. The fourth-order valence-corrected chi connectivity index (χ4v) is 6.86. The van der Waals surface area contributed by atoms with Crippen LogP contribution in [0.5, 0.6) is 0 Å². The average molecular weight is 668 g/mol. The molecule has 1 saturated carbocycles. The Morgan fingerprint density at radius 2 is 1.87 bits per heavy atom. The second-order valence-corrected chi connectivity index (χ2v) is 13.1. The molecular weight excluding hydrogens is 629 g/mol. The molecule has 5 heterocycles. The predicted molar refractivity (Wildman–Crippen MR) is 155 cm³/mol. The molecular formula is C30H38F5N9O3. The monoisotopic (exact) mass is 667 g/mol. The van der Waals surface area contributed by atoms with E-state index in [2.05, 4.69) is 20.7 Å². The van der Waals surface area contributed by atoms with E-state index >= 15 is 0 Å². The first-order valence-electron chi connectivity index (χ1n) is 16.1. The topological polar surface area (TPSA) is 141 Å². The van der Waals surface area contributed by atoms with Crippen LogP contribution in [0.15, 0.2) is 12.5 Å². The van der Waals surface area contributed by atoms with E-state index in [1.807, 2.05) is 13.8 Å². The number of aromatic nitrogens is 7. The molecule has 12 nitrogen and oxygen atoms in total. The summed E-state index contributed by atoms with van der Waals surface area (Å²) < 4.78 is 77.5. The van der Waals surface area contributed by atoms with Crippen molar-refractivity contribution >= 4 is 17.6 Å². The van der Waals surface area contributed by atoms with Gasteiger partial charge in [-0.3, -0.25) is 9.59 Å². The van der Waals surface area contributed by atoms with Gasteiger partial charge in [0.25, 0.3) is 11.7 Å². The quantitative estimate of drug-likeness (QED) is 0.338. The lowest BCUT2D eigenvalue weighted by atomic mass is 9.81. The zero-order valence-electron chi connectivity index (χ0n) is 26.1. The van der Waals surface area contributed by atoms with Gasteiger partial charge in [-0.25, -0.2) is 32.9 Å². The number of ether oxygens (including phenoxy) is 1. The normalized spacial score (nSPS) is 23.6. The zero-order chi connectivity index (χ0) is 33.5. The molecule has 17 heteroatoms. The molecule has 2 N–H and O–H groups in total. The maximum atomic E-state index is 14.2. The second kappa shape index (κ2) is 13.0. The van der Waals surface area contributed by atoms with Crippen molar-refractivity contribution in [3.8, 4) is 0 Å². The van der Waals surface area contributed by atoms with Gasteiger partial charge in [-0.15, -0.1) is 0 Å². The fourth-order valence-electron chi connectivity index (χ4n) is 6.86. The number of carbonyl (C=O) groups is 2. The molecule has 2 amide bonds. The number of piperidine rings is 1. The minimum Gasteiger partial charge on any atom is -0.381 e. The first-order chi connectivity index (χ1) is 22.3. The molecule has 3 aromatic heterocycles. The number of imidazole rings is 1. The first-order valence-corrected chi connectivity index (χ1v) is 16.1. The van der Waals surface area contributed by atoms with Gasteiger partial charge in [-0.2, -0.15) is 23.4 Å². The minimum absolute atomic E-state index is 0.0513. The number of hydrogen-bond donors (Lipinski definition) is 2. The Morgan fingerprint density at radius 3 is 2.55 bits per heavy atom. The summed E-state index contributed by atoms with van der Waals surface area (Å²) in [5, 5.41) is 14.2. The van der Waals surface area contributed by atoms with Crippen molar-refractivity contribution < 1.29 is 36.3 Å². The third-order valence-corrected chi connectivity index (χ3v) is 9.51. The van der Waals surface area contributed by atoms with Crippen LogP contribution < -0.4 is 10.6 Å². The Hall–Kier alpha value is -3.76. The molecule has 6 rings (SSSR count). The van der Waals surface area contributed by atoms with E-state index in [1.165, 1.54) is 15.5 Å². The van der Waals surface area contributed by atoms with Crippen LogP contribution in [0.2, 0.25) is 0 Å². The van der Waals surface area contributed by atoms with Crippen molar-refractivity contribution in [2.45, 2.75) is 95.3 Å². The van der Waals surface area contributed by atoms with E-state index in [-0.39, 0.29) is 68.0 Å². The van der Waals surface area contributed by atoms with Crippen LogP contribution in [0.1, 0.15) is 104 Å². The van der Waals surface area contributed by atoms with Crippen molar-refractivity contribution in [1.29, 1.82) is 0 Å². The predicted octanol–water partition coefficient (Wildman–Crippen LogP) is 4.34. The highest BCUT2D eigenvalue weighted by Crippen LogP contribution is 2.42. The SMILES string of the molecule is CC(C)n1ncnc1C(=O)NC(c1cn2nc(C[C@H]3C[C@@H](C(F)(F)F)CNC3=O)c(C3CCOCC3)nc2n1)C1CCC(F)(F)CC1. The Morgan fingerprint density at radius 1 is 1.15 bits per heavy atom. The van der Waals surface area contributed by atoms with Crippen molar-refractivity contribution in [3.63, 3.8) is 0 Å². The Labute approximate surface area is 267 Å². The van der Waals surface area contributed by atoms with Crippen LogP contribution in [-0.2, 0) is 16.0 Å². The van der Waals surface area contributed by atoms with Crippen LogP contribution in [0, 0.1) is 17.8 Å². The van der Waals surface area contributed by atoms with Gasteiger partial charge >= 0.3 is 6.18 Å². The van der Waals surface area contributed by atoms with E-state index in [0.717, 1.165) is 0 Å². The fraction of sp³-hybridized carbons (Fsp3) is 0.700. The van der Waals surface area contributed by atoms with Crippen molar-refractivity contribution in [2.75, 3.05) is 19.8 Å². The number of hydrogen-bond acceptors (Lipinski definition) is 8. The molecule has 3 aliphatic rings. The van der Waals surface area contributed by atoms with Crippen molar-refractivity contribution in [1.82, 2.24) is 45.0 Å². The molecule has 1 unspecified atom stereocenters. The molecule has 0 radical (unpaired) electrons. The van der Waals surface area contributed by atoms with Gasteiger partial charge in [0.2, 0.25) is 17.7 Å². The van der Waals surface area contributed by atoms with Crippen LogP contribution in [0.3, 0.4) is 0 Å². The van der Waals surface area contributed by atoms with E-state index < -0.39 is 48.3 Å². The molecule has 2 aliphatic heterocycles. The lowest BCUT2D eigenvalue weighted by Crippen LogP contribution is -2.47. The van der Waals surface area contributed by atoms with Gasteiger partial charge in [-0.05, 0) is 51.9 Å². The number of nitrogens with zero attached hydrogens (tertiary/aromatic N) is 7. The number of fused-ring (bicyclic) bond motifs is 1. The van der Waals surface area contributed by atoms with E-state index in [4.69, 9.17) is 19.8 Å². The highest BCUT2D eigenvalue weighted by molar-refractivity contribution is 5.91. The summed E-state index contributed by atoms with van der Waals surface area (Å²) in [6.07, 6.45) is -1.21. The van der Waals surface area contributed by atoms with Crippen LogP contribution in [0.4, 0.5) is 22.0 Å². The smallest absolute Gasteiger partial charge is 0.381 e. The van der Waals surface area contributed by atoms with Gasteiger partial charge in [0.1, 0.15) is 6.33 Å². The number of amides is 2. The minimum atomic E-state index is -4.45. The van der Waals surface area contributed by atoms with Crippen LogP contribution >= 0.6 is 0 Å². The second-order valence-electron chi connectivity index (χ2n) is 13.1. The number of alkyl halides is 5. The van der Waals surface area contributed by atoms with E-state index in [1.54, 1.807) is 6.20 Å². The van der Waals surface area contributed by atoms with Crippen LogP contribution in [0.25, 0.3) is 5.78 Å². The zero-order valence-corrected chi connectivity index (χ0v) is 26.1. The number of nitrogens with one attached hydrogen (secondary N) is 2. The summed E-state index contributed by atoms with van der Waals surface area (Å²) in [7, 11) is 0. The summed E-state index contributed by atoms with van der Waals surface area (Å²) in [4.78, 5) is 39.8. The highest BCUT2D eigenvalue weighted by Gasteiger charge is 2.45. The molecule has 3 fully saturated rings. The van der Waals surface area contributed by atoms with E-state index in [0.29, 0.717) is 43.1 Å².